The van der Waals surface area contributed by atoms with E-state index in [2.05, 4.69) is 15.9 Å². The Labute approximate surface area is 115 Å². The molecule has 0 unspecified atom stereocenters. The summed E-state index contributed by atoms with van der Waals surface area (Å²) < 4.78 is 11.8. The molecule has 0 atom stereocenters. The van der Waals surface area contributed by atoms with Gasteiger partial charge < -0.3 is 15.2 Å². The highest BCUT2D eigenvalue weighted by molar-refractivity contribution is 9.10. The number of hydrogen-bond donors (Lipinski definition) is 1. The predicted molar refractivity (Wildman–Crippen MR) is 76.6 cm³/mol. The molecule has 0 saturated carbocycles. The van der Waals surface area contributed by atoms with Gasteiger partial charge in [-0.1, -0.05) is 18.3 Å². The molecule has 0 aliphatic heterocycles. The Hall–Kier alpha value is -0.650. The first-order valence-corrected chi connectivity index (χ1v) is 6.55. The van der Waals surface area contributed by atoms with Crippen molar-refractivity contribution in [3.8, 4) is 5.75 Å². The minimum absolute atomic E-state index is 0.205. The van der Waals surface area contributed by atoms with Crippen molar-refractivity contribution in [2.75, 3.05) is 13.2 Å². The highest BCUT2D eigenvalue weighted by atomic mass is 79.9. The lowest BCUT2D eigenvalue weighted by molar-refractivity contribution is 0.0552. The molecule has 0 saturated heterocycles. The van der Waals surface area contributed by atoms with E-state index in [1.165, 1.54) is 0 Å². The van der Waals surface area contributed by atoms with E-state index in [-0.39, 0.29) is 6.10 Å². The van der Waals surface area contributed by atoms with Crippen molar-refractivity contribution in [3.05, 3.63) is 28.2 Å². The van der Waals surface area contributed by atoms with Crippen molar-refractivity contribution in [1.82, 2.24) is 0 Å². The van der Waals surface area contributed by atoms with E-state index in [0.717, 1.165) is 10.0 Å². The molecule has 0 aliphatic rings. The van der Waals surface area contributed by atoms with Crippen molar-refractivity contribution in [3.63, 3.8) is 0 Å². The third-order valence-corrected chi connectivity index (χ3v) is 2.88. The number of ether oxygens (including phenoxy) is 2. The molecule has 1 aromatic carbocycles. The second-order valence-electron chi connectivity index (χ2n) is 3.75. The van der Waals surface area contributed by atoms with Gasteiger partial charge in [-0.25, -0.2) is 0 Å². The zero-order valence-corrected chi connectivity index (χ0v) is 12.3. The summed E-state index contributed by atoms with van der Waals surface area (Å²) in [6.07, 6.45) is 0.205. The molecule has 0 radical (unpaired) electrons. The first-order valence-electron chi connectivity index (χ1n) is 5.35. The van der Waals surface area contributed by atoms with Gasteiger partial charge in [0, 0.05) is 4.47 Å². The molecular formula is C12H16BrNO2S. The van der Waals surface area contributed by atoms with Gasteiger partial charge >= 0.3 is 0 Å². The summed E-state index contributed by atoms with van der Waals surface area (Å²) in [5, 5.41) is 0. The van der Waals surface area contributed by atoms with Crippen LogP contribution in [0, 0.1) is 0 Å². The number of rotatable bonds is 6. The average molecular weight is 318 g/mol. The van der Waals surface area contributed by atoms with Crippen molar-refractivity contribution in [2.24, 2.45) is 5.73 Å². The number of thiocarbonyl (C=S) groups is 1. The van der Waals surface area contributed by atoms with Crippen LogP contribution in [0.25, 0.3) is 0 Å². The van der Waals surface area contributed by atoms with Gasteiger partial charge in [-0.05, 0) is 41.9 Å². The van der Waals surface area contributed by atoms with Crippen LogP contribution < -0.4 is 10.5 Å². The first-order chi connectivity index (χ1) is 8.02. The fourth-order valence-corrected chi connectivity index (χ4v) is 2.20. The minimum atomic E-state index is 0.205. The third kappa shape index (κ3) is 4.61. The summed E-state index contributed by atoms with van der Waals surface area (Å²) in [6, 6.07) is 5.60. The van der Waals surface area contributed by atoms with E-state index in [9.17, 15) is 0 Å². The SMILES string of the molecule is CC(C)OCCOc1cccc(Br)c1C(N)=S. The molecule has 0 bridgehead atoms. The smallest absolute Gasteiger partial charge is 0.130 e. The van der Waals surface area contributed by atoms with E-state index in [1.807, 2.05) is 32.0 Å². The van der Waals surface area contributed by atoms with Gasteiger partial charge in [-0.3, -0.25) is 0 Å². The Morgan fingerprint density at radius 3 is 2.71 bits per heavy atom. The maximum Gasteiger partial charge on any atom is 0.130 e. The van der Waals surface area contributed by atoms with Crippen molar-refractivity contribution in [1.29, 1.82) is 0 Å². The van der Waals surface area contributed by atoms with E-state index < -0.39 is 0 Å². The van der Waals surface area contributed by atoms with Gasteiger partial charge in [0.25, 0.3) is 0 Å². The summed E-state index contributed by atoms with van der Waals surface area (Å²) in [5.41, 5.74) is 6.39. The molecule has 5 heteroatoms. The molecule has 0 aromatic heterocycles. The zero-order chi connectivity index (χ0) is 12.8. The highest BCUT2D eigenvalue weighted by Gasteiger charge is 2.10. The molecule has 0 amide bonds. The number of nitrogens with two attached hydrogens (primary N) is 1. The van der Waals surface area contributed by atoms with Crippen LogP contribution in [-0.4, -0.2) is 24.3 Å². The lowest BCUT2D eigenvalue weighted by Gasteiger charge is -2.13. The second kappa shape index (κ2) is 6.93. The van der Waals surface area contributed by atoms with Crippen LogP contribution in [0.5, 0.6) is 5.75 Å². The maximum atomic E-state index is 5.66. The molecule has 17 heavy (non-hydrogen) atoms. The fourth-order valence-electron chi connectivity index (χ4n) is 1.30. The number of halogens is 1. The molecule has 0 fully saturated rings. The molecule has 1 aromatic rings. The molecule has 2 N–H and O–H groups in total. The van der Waals surface area contributed by atoms with Gasteiger partial charge in [-0.15, -0.1) is 0 Å². The molecule has 1 rings (SSSR count). The predicted octanol–water partition coefficient (Wildman–Crippen LogP) is 2.89. The molecule has 3 nitrogen and oxygen atoms in total. The van der Waals surface area contributed by atoms with Crippen molar-refractivity contribution in [2.45, 2.75) is 20.0 Å². The van der Waals surface area contributed by atoms with Crippen LogP contribution >= 0.6 is 28.1 Å². The molecular weight excluding hydrogens is 302 g/mol. The summed E-state index contributed by atoms with van der Waals surface area (Å²) in [6.45, 7) is 4.99. The molecule has 94 valence electrons. The Morgan fingerprint density at radius 2 is 2.12 bits per heavy atom. The van der Waals surface area contributed by atoms with Gasteiger partial charge in [0.05, 0.1) is 18.3 Å². The molecule has 0 heterocycles. The summed E-state index contributed by atoms with van der Waals surface area (Å²) >= 11 is 8.40. The third-order valence-electron chi connectivity index (χ3n) is 2.01. The highest BCUT2D eigenvalue weighted by Crippen LogP contribution is 2.26. The topological polar surface area (TPSA) is 44.5 Å². The average Bonchev–Trinajstić information content (AvgIpc) is 2.23. The van der Waals surface area contributed by atoms with Crippen LogP contribution in [-0.2, 0) is 4.74 Å². The van der Waals surface area contributed by atoms with Gasteiger partial charge in [0.2, 0.25) is 0 Å². The van der Waals surface area contributed by atoms with Crippen LogP contribution in [0.2, 0.25) is 0 Å². The van der Waals surface area contributed by atoms with Crippen molar-refractivity contribution < 1.29 is 9.47 Å². The van der Waals surface area contributed by atoms with Gasteiger partial charge in [0.15, 0.2) is 0 Å². The van der Waals surface area contributed by atoms with Crippen LogP contribution in [0.4, 0.5) is 0 Å². The summed E-state index contributed by atoms with van der Waals surface area (Å²) in [7, 11) is 0. The van der Waals surface area contributed by atoms with Gasteiger partial charge in [0.1, 0.15) is 17.3 Å². The first kappa shape index (κ1) is 14.4. The van der Waals surface area contributed by atoms with E-state index in [1.54, 1.807) is 0 Å². The Kier molecular flexibility index (Phi) is 5.88. The minimum Gasteiger partial charge on any atom is -0.490 e. The Balaban J connectivity index is 2.64. The summed E-state index contributed by atoms with van der Waals surface area (Å²) in [4.78, 5) is 0.317. The lowest BCUT2D eigenvalue weighted by Crippen LogP contribution is -2.15. The number of hydrogen-bond acceptors (Lipinski definition) is 3. The second-order valence-corrected chi connectivity index (χ2v) is 5.04. The molecule has 0 spiro atoms. The van der Waals surface area contributed by atoms with E-state index in [4.69, 9.17) is 27.4 Å². The fraction of sp³-hybridized carbons (Fsp3) is 0.417. The molecule has 0 aliphatic carbocycles. The zero-order valence-electron chi connectivity index (χ0n) is 9.90. The summed E-state index contributed by atoms with van der Waals surface area (Å²) in [5.74, 6) is 0.680. The van der Waals surface area contributed by atoms with Crippen LogP contribution in [0.15, 0.2) is 22.7 Å². The largest absolute Gasteiger partial charge is 0.490 e. The Morgan fingerprint density at radius 1 is 1.41 bits per heavy atom. The van der Waals surface area contributed by atoms with E-state index >= 15 is 0 Å². The van der Waals surface area contributed by atoms with Crippen molar-refractivity contribution >= 4 is 33.1 Å². The maximum absolute atomic E-state index is 5.66. The monoisotopic (exact) mass is 317 g/mol. The standard InChI is InChI=1S/C12H16BrNO2S/c1-8(2)15-6-7-16-10-5-3-4-9(13)11(10)12(14)17/h3-5,8H,6-7H2,1-2H3,(H2,14,17). The van der Waals surface area contributed by atoms with Crippen LogP contribution in [0.1, 0.15) is 19.4 Å². The Bertz CT molecular complexity index is 396. The quantitative estimate of drug-likeness (QED) is 0.647. The number of benzene rings is 1. The lowest BCUT2D eigenvalue weighted by atomic mass is 10.2. The van der Waals surface area contributed by atoms with Crippen LogP contribution in [0.3, 0.4) is 0 Å². The van der Waals surface area contributed by atoms with E-state index in [0.29, 0.717) is 24.0 Å². The normalized spacial score (nSPS) is 10.6. The van der Waals surface area contributed by atoms with Gasteiger partial charge in [-0.2, -0.15) is 0 Å².